The SMILES string of the molecule is COc1ccc(Cl)cc1C[NH+](C)CC(=O)Nc1ccccc1SCC#N. The number of nitrogens with zero attached hydrogens (tertiary/aromatic N) is 1. The first-order valence-electron chi connectivity index (χ1n) is 8.06. The van der Waals surface area contributed by atoms with E-state index in [1.165, 1.54) is 11.8 Å². The van der Waals surface area contributed by atoms with E-state index in [0.717, 1.165) is 26.8 Å². The predicted molar refractivity (Wildman–Crippen MR) is 105 cm³/mol. The number of methoxy groups -OCH3 is 1. The highest BCUT2D eigenvalue weighted by Crippen LogP contribution is 2.26. The lowest BCUT2D eigenvalue weighted by Crippen LogP contribution is -3.08. The van der Waals surface area contributed by atoms with Crippen molar-refractivity contribution in [3.05, 3.63) is 53.1 Å². The molecule has 0 aliphatic rings. The number of nitriles is 1. The number of quaternary nitrogens is 1. The van der Waals surface area contributed by atoms with E-state index in [2.05, 4.69) is 11.4 Å². The van der Waals surface area contributed by atoms with Crippen molar-refractivity contribution in [2.45, 2.75) is 11.4 Å². The van der Waals surface area contributed by atoms with Gasteiger partial charge in [-0.15, -0.1) is 11.8 Å². The van der Waals surface area contributed by atoms with Gasteiger partial charge in [-0.3, -0.25) is 4.79 Å². The average Bonchev–Trinajstić information content (AvgIpc) is 2.61. The number of amides is 1. The maximum Gasteiger partial charge on any atom is 0.279 e. The Bertz CT molecular complexity index is 808. The fourth-order valence-electron chi connectivity index (χ4n) is 2.55. The number of nitrogens with one attached hydrogen (secondary N) is 2. The molecule has 0 saturated carbocycles. The maximum absolute atomic E-state index is 12.4. The summed E-state index contributed by atoms with van der Waals surface area (Å²) in [5.74, 6) is 1.01. The molecular weight excluding hydrogens is 370 g/mol. The van der Waals surface area contributed by atoms with Crippen molar-refractivity contribution in [3.8, 4) is 11.8 Å². The summed E-state index contributed by atoms with van der Waals surface area (Å²) in [5.41, 5.74) is 1.68. The number of thioether (sulfide) groups is 1. The zero-order valence-electron chi connectivity index (χ0n) is 14.7. The van der Waals surface area contributed by atoms with Crippen LogP contribution >= 0.6 is 23.4 Å². The van der Waals surface area contributed by atoms with Gasteiger partial charge in [0.15, 0.2) is 6.54 Å². The van der Waals surface area contributed by atoms with Crippen LogP contribution < -0.4 is 15.0 Å². The minimum Gasteiger partial charge on any atom is -0.496 e. The average molecular weight is 391 g/mol. The number of likely N-dealkylation sites (N-methyl/N-ethyl adjacent to an activating group) is 1. The number of rotatable bonds is 8. The van der Waals surface area contributed by atoms with Crippen molar-refractivity contribution in [1.82, 2.24) is 0 Å². The first-order chi connectivity index (χ1) is 12.5. The molecule has 2 aromatic rings. The molecule has 2 rings (SSSR count). The van der Waals surface area contributed by atoms with E-state index in [1.807, 2.05) is 43.4 Å². The van der Waals surface area contributed by atoms with Gasteiger partial charge in [-0.2, -0.15) is 5.26 Å². The zero-order chi connectivity index (χ0) is 18.9. The highest BCUT2D eigenvalue weighted by atomic mass is 35.5. The van der Waals surface area contributed by atoms with Crippen LogP contribution in [0.25, 0.3) is 0 Å². The fraction of sp³-hybridized carbons (Fsp3) is 0.263. The highest BCUT2D eigenvalue weighted by Gasteiger charge is 2.15. The summed E-state index contributed by atoms with van der Waals surface area (Å²) in [6, 6.07) is 15.0. The first-order valence-corrected chi connectivity index (χ1v) is 9.42. The molecule has 0 aliphatic heterocycles. The number of carbonyl (C=O) groups excluding carboxylic acids is 1. The van der Waals surface area contributed by atoms with Crippen molar-refractivity contribution >= 4 is 35.0 Å². The normalized spacial score (nSPS) is 11.5. The number of ether oxygens (including phenoxy) is 1. The van der Waals surface area contributed by atoms with E-state index in [0.29, 0.717) is 23.9 Å². The predicted octanol–water partition coefficient (Wildman–Crippen LogP) is 2.62. The Hall–Kier alpha value is -2.20. The number of hydrogen-bond acceptors (Lipinski definition) is 4. The monoisotopic (exact) mass is 390 g/mol. The molecule has 1 unspecified atom stereocenters. The summed E-state index contributed by atoms with van der Waals surface area (Å²) in [5, 5.41) is 12.3. The summed E-state index contributed by atoms with van der Waals surface area (Å²) >= 11 is 7.46. The number of hydrogen-bond donors (Lipinski definition) is 2. The minimum atomic E-state index is -0.0893. The summed E-state index contributed by atoms with van der Waals surface area (Å²) in [6.07, 6.45) is 0. The standard InChI is InChI=1S/C19H20ClN3O2S/c1-23(12-14-11-15(20)7-8-17(14)25-2)13-19(24)22-16-5-3-4-6-18(16)26-10-9-21/h3-8,11H,10,12-13H2,1-2H3,(H,22,24)/p+1. The second kappa shape index (κ2) is 10.1. The van der Waals surface area contributed by atoms with E-state index in [-0.39, 0.29) is 5.91 Å². The number of carbonyl (C=O) groups is 1. The number of anilines is 1. The van der Waals surface area contributed by atoms with Crippen molar-refractivity contribution in [1.29, 1.82) is 5.26 Å². The second-order valence-electron chi connectivity index (χ2n) is 5.76. The van der Waals surface area contributed by atoms with E-state index in [9.17, 15) is 4.79 Å². The first kappa shape index (κ1) is 20.1. The largest absolute Gasteiger partial charge is 0.496 e. The minimum absolute atomic E-state index is 0.0893. The number of para-hydroxylation sites is 1. The molecule has 0 radical (unpaired) electrons. The van der Waals surface area contributed by atoms with Gasteiger partial charge in [-0.1, -0.05) is 23.7 Å². The lowest BCUT2D eigenvalue weighted by atomic mass is 10.2. The van der Waals surface area contributed by atoms with Crippen LogP contribution in [0, 0.1) is 11.3 Å². The van der Waals surface area contributed by atoms with Crippen molar-refractivity contribution < 1.29 is 14.4 Å². The Labute approximate surface area is 162 Å². The summed E-state index contributed by atoms with van der Waals surface area (Å²) in [4.78, 5) is 14.3. The molecule has 0 aromatic heterocycles. The second-order valence-corrected chi connectivity index (χ2v) is 7.21. The summed E-state index contributed by atoms with van der Waals surface area (Å²) in [7, 11) is 3.56. The van der Waals surface area contributed by atoms with Crippen LogP contribution in [-0.2, 0) is 11.3 Å². The summed E-state index contributed by atoms with van der Waals surface area (Å²) in [6.45, 7) is 0.912. The van der Waals surface area contributed by atoms with Gasteiger partial charge in [0.1, 0.15) is 12.3 Å². The van der Waals surface area contributed by atoms with Gasteiger partial charge >= 0.3 is 0 Å². The Morgan fingerprint density at radius 2 is 2.12 bits per heavy atom. The molecule has 0 saturated heterocycles. The van der Waals surface area contributed by atoms with Crippen LogP contribution in [-0.4, -0.2) is 32.4 Å². The third-order valence-electron chi connectivity index (χ3n) is 3.65. The topological polar surface area (TPSA) is 66.6 Å². The molecule has 1 amide bonds. The zero-order valence-corrected chi connectivity index (χ0v) is 16.3. The third kappa shape index (κ3) is 5.95. The molecule has 5 nitrogen and oxygen atoms in total. The smallest absolute Gasteiger partial charge is 0.279 e. The van der Waals surface area contributed by atoms with E-state index < -0.39 is 0 Å². The molecule has 0 heterocycles. The molecule has 7 heteroatoms. The Balaban J connectivity index is 1.98. The van der Waals surface area contributed by atoms with Gasteiger partial charge in [0, 0.05) is 15.5 Å². The highest BCUT2D eigenvalue weighted by molar-refractivity contribution is 7.99. The van der Waals surface area contributed by atoms with E-state index in [4.69, 9.17) is 21.6 Å². The van der Waals surface area contributed by atoms with E-state index >= 15 is 0 Å². The maximum atomic E-state index is 12.4. The van der Waals surface area contributed by atoms with Crippen molar-refractivity contribution in [2.75, 3.05) is 31.8 Å². The van der Waals surface area contributed by atoms with Crippen LogP contribution in [0.5, 0.6) is 5.75 Å². The fourth-order valence-corrected chi connectivity index (χ4v) is 3.41. The van der Waals surface area contributed by atoms with E-state index in [1.54, 1.807) is 13.2 Å². The molecule has 136 valence electrons. The van der Waals surface area contributed by atoms with Crippen LogP contribution in [0.15, 0.2) is 47.4 Å². The molecule has 0 spiro atoms. The lowest BCUT2D eigenvalue weighted by molar-refractivity contribution is -0.885. The van der Waals surface area contributed by atoms with Gasteiger partial charge in [0.2, 0.25) is 0 Å². The molecule has 2 aromatic carbocycles. The molecule has 0 fully saturated rings. The Morgan fingerprint density at radius 1 is 1.35 bits per heavy atom. The van der Waals surface area contributed by atoms with Gasteiger partial charge in [-0.05, 0) is 30.3 Å². The van der Waals surface area contributed by atoms with Crippen LogP contribution in [0.2, 0.25) is 5.02 Å². The lowest BCUT2D eigenvalue weighted by Gasteiger charge is -2.16. The quantitative estimate of drug-likeness (QED) is 0.680. The Kier molecular flexibility index (Phi) is 7.79. The van der Waals surface area contributed by atoms with Gasteiger partial charge in [0.25, 0.3) is 5.91 Å². The van der Waals surface area contributed by atoms with Gasteiger partial charge < -0.3 is 15.0 Å². The molecule has 0 bridgehead atoms. The van der Waals surface area contributed by atoms with Crippen LogP contribution in [0.3, 0.4) is 0 Å². The third-order valence-corrected chi connectivity index (χ3v) is 4.83. The molecule has 26 heavy (non-hydrogen) atoms. The Morgan fingerprint density at radius 3 is 2.85 bits per heavy atom. The van der Waals surface area contributed by atoms with Crippen LogP contribution in [0.1, 0.15) is 5.56 Å². The molecule has 2 N–H and O–H groups in total. The molecule has 0 aliphatic carbocycles. The summed E-state index contributed by atoms with van der Waals surface area (Å²) < 4.78 is 5.35. The number of benzene rings is 2. The van der Waals surface area contributed by atoms with Crippen molar-refractivity contribution in [3.63, 3.8) is 0 Å². The molecule has 1 atom stereocenters. The van der Waals surface area contributed by atoms with Gasteiger partial charge in [-0.25, -0.2) is 0 Å². The molecular formula is C19H21ClN3O2S+. The van der Waals surface area contributed by atoms with Crippen molar-refractivity contribution in [2.24, 2.45) is 0 Å². The van der Waals surface area contributed by atoms with Gasteiger partial charge in [0.05, 0.1) is 31.7 Å². The van der Waals surface area contributed by atoms with Crippen LogP contribution in [0.4, 0.5) is 5.69 Å². The number of halogens is 1.